The van der Waals surface area contributed by atoms with Crippen LogP contribution in [0.1, 0.15) is 57.1 Å². The SMILES string of the molecule is Cc1ccc2c(c1)nc(C(N)C(C)(C)C)n2C1CC1. The van der Waals surface area contributed by atoms with Crippen LogP contribution in [0.3, 0.4) is 0 Å². The summed E-state index contributed by atoms with van der Waals surface area (Å²) in [6.45, 7) is 8.65. The number of benzene rings is 1. The monoisotopic (exact) mass is 257 g/mol. The van der Waals surface area contributed by atoms with Crippen molar-refractivity contribution >= 4 is 11.0 Å². The van der Waals surface area contributed by atoms with Crippen molar-refractivity contribution in [3.63, 3.8) is 0 Å². The maximum atomic E-state index is 6.46. The summed E-state index contributed by atoms with van der Waals surface area (Å²) in [5, 5.41) is 0. The maximum absolute atomic E-state index is 6.46. The number of fused-ring (bicyclic) bond motifs is 1. The number of hydrogen-bond acceptors (Lipinski definition) is 2. The Balaban J connectivity index is 2.20. The highest BCUT2D eigenvalue weighted by molar-refractivity contribution is 5.77. The topological polar surface area (TPSA) is 43.8 Å². The zero-order valence-electron chi connectivity index (χ0n) is 12.3. The normalized spacial score (nSPS) is 17.9. The lowest BCUT2D eigenvalue weighted by Gasteiger charge is -2.27. The predicted octanol–water partition coefficient (Wildman–Crippen LogP) is 3.73. The largest absolute Gasteiger partial charge is 0.324 e. The van der Waals surface area contributed by atoms with Gasteiger partial charge in [-0.3, -0.25) is 0 Å². The second-order valence-corrected chi connectivity index (χ2v) is 6.91. The van der Waals surface area contributed by atoms with E-state index in [2.05, 4.69) is 50.5 Å². The maximum Gasteiger partial charge on any atom is 0.127 e. The molecule has 2 N–H and O–H groups in total. The van der Waals surface area contributed by atoms with Crippen molar-refractivity contribution in [2.75, 3.05) is 0 Å². The Kier molecular flexibility index (Phi) is 2.72. The highest BCUT2D eigenvalue weighted by Gasteiger charge is 2.33. The number of aryl methyl sites for hydroxylation is 1. The first-order valence-corrected chi connectivity index (χ1v) is 7.12. The Morgan fingerprint density at radius 3 is 2.58 bits per heavy atom. The molecular weight excluding hydrogens is 234 g/mol. The van der Waals surface area contributed by atoms with E-state index in [0.29, 0.717) is 6.04 Å². The van der Waals surface area contributed by atoms with Gasteiger partial charge in [0, 0.05) is 6.04 Å². The Bertz CT molecular complexity index is 615. The molecule has 1 aromatic heterocycles. The second-order valence-electron chi connectivity index (χ2n) is 6.91. The summed E-state index contributed by atoms with van der Waals surface area (Å²) < 4.78 is 2.38. The van der Waals surface area contributed by atoms with Crippen LogP contribution in [0.2, 0.25) is 0 Å². The molecule has 3 rings (SSSR count). The standard InChI is InChI=1S/C16H23N3/c1-10-5-8-13-12(9-10)18-15(14(17)16(2,3)4)19(13)11-6-7-11/h5,8-9,11,14H,6-7,17H2,1-4H3. The summed E-state index contributed by atoms with van der Waals surface area (Å²) in [5.74, 6) is 1.05. The summed E-state index contributed by atoms with van der Waals surface area (Å²) in [6, 6.07) is 7.09. The van der Waals surface area contributed by atoms with E-state index in [9.17, 15) is 0 Å². The fraction of sp³-hybridized carbons (Fsp3) is 0.562. The molecule has 19 heavy (non-hydrogen) atoms. The molecule has 1 atom stereocenters. The van der Waals surface area contributed by atoms with E-state index in [1.54, 1.807) is 0 Å². The predicted molar refractivity (Wildman–Crippen MR) is 79.1 cm³/mol. The van der Waals surface area contributed by atoms with Gasteiger partial charge in [-0.1, -0.05) is 26.8 Å². The quantitative estimate of drug-likeness (QED) is 0.891. The molecule has 1 unspecified atom stereocenters. The molecule has 102 valence electrons. The lowest BCUT2D eigenvalue weighted by atomic mass is 9.87. The number of hydrogen-bond donors (Lipinski definition) is 1. The first-order chi connectivity index (χ1) is 8.88. The van der Waals surface area contributed by atoms with Crippen molar-refractivity contribution in [2.24, 2.45) is 11.1 Å². The molecule has 1 heterocycles. The molecule has 0 amide bonds. The molecule has 0 radical (unpaired) electrons. The molecular formula is C16H23N3. The van der Waals surface area contributed by atoms with Crippen molar-refractivity contribution < 1.29 is 0 Å². The highest BCUT2D eigenvalue weighted by Crippen LogP contribution is 2.42. The van der Waals surface area contributed by atoms with Gasteiger partial charge in [0.15, 0.2) is 0 Å². The lowest BCUT2D eigenvalue weighted by molar-refractivity contribution is 0.308. The fourth-order valence-corrected chi connectivity index (χ4v) is 2.55. The minimum atomic E-state index is -0.0270. The smallest absolute Gasteiger partial charge is 0.127 e. The molecule has 1 aliphatic carbocycles. The third-order valence-electron chi connectivity index (χ3n) is 4.00. The highest BCUT2D eigenvalue weighted by atomic mass is 15.2. The molecule has 0 spiro atoms. The molecule has 0 saturated heterocycles. The van der Waals surface area contributed by atoms with Gasteiger partial charge in [0.1, 0.15) is 5.82 Å². The summed E-state index contributed by atoms with van der Waals surface area (Å²) in [4.78, 5) is 4.84. The zero-order chi connectivity index (χ0) is 13.8. The van der Waals surface area contributed by atoms with Crippen LogP contribution < -0.4 is 5.73 Å². The van der Waals surface area contributed by atoms with Crippen LogP contribution in [-0.4, -0.2) is 9.55 Å². The lowest BCUT2D eigenvalue weighted by Crippen LogP contribution is -2.29. The molecule has 1 aliphatic rings. The average Bonchev–Trinajstić information content (AvgIpc) is 3.08. The molecule has 0 aliphatic heterocycles. The number of rotatable bonds is 2. The van der Waals surface area contributed by atoms with Crippen LogP contribution >= 0.6 is 0 Å². The third kappa shape index (κ3) is 2.16. The van der Waals surface area contributed by atoms with Crippen LogP contribution in [0.4, 0.5) is 0 Å². The van der Waals surface area contributed by atoms with Gasteiger partial charge in [0.25, 0.3) is 0 Å². The number of aromatic nitrogens is 2. The van der Waals surface area contributed by atoms with Gasteiger partial charge in [0.2, 0.25) is 0 Å². The Morgan fingerprint density at radius 2 is 2.00 bits per heavy atom. The van der Waals surface area contributed by atoms with Gasteiger partial charge in [-0.15, -0.1) is 0 Å². The Morgan fingerprint density at radius 1 is 1.32 bits per heavy atom. The minimum Gasteiger partial charge on any atom is -0.324 e. The van der Waals surface area contributed by atoms with E-state index >= 15 is 0 Å². The van der Waals surface area contributed by atoms with Gasteiger partial charge in [-0.2, -0.15) is 0 Å². The van der Waals surface area contributed by atoms with Gasteiger partial charge in [0.05, 0.1) is 17.1 Å². The van der Waals surface area contributed by atoms with E-state index in [1.807, 2.05) is 0 Å². The van der Waals surface area contributed by atoms with Crippen LogP contribution in [0.15, 0.2) is 18.2 Å². The molecule has 1 aromatic carbocycles. The molecule has 1 fully saturated rings. The van der Waals surface area contributed by atoms with E-state index in [4.69, 9.17) is 10.7 Å². The zero-order valence-corrected chi connectivity index (χ0v) is 12.3. The summed E-state index contributed by atoms with van der Waals surface area (Å²) in [7, 11) is 0. The fourth-order valence-electron chi connectivity index (χ4n) is 2.55. The summed E-state index contributed by atoms with van der Waals surface area (Å²) >= 11 is 0. The Labute approximate surface area is 114 Å². The van der Waals surface area contributed by atoms with Gasteiger partial charge in [-0.05, 0) is 42.9 Å². The van der Waals surface area contributed by atoms with E-state index in [-0.39, 0.29) is 11.5 Å². The molecule has 1 saturated carbocycles. The van der Waals surface area contributed by atoms with Crippen LogP contribution in [0.25, 0.3) is 11.0 Å². The van der Waals surface area contributed by atoms with Crippen molar-refractivity contribution in [1.82, 2.24) is 9.55 Å². The molecule has 0 bridgehead atoms. The van der Waals surface area contributed by atoms with Crippen LogP contribution in [0.5, 0.6) is 0 Å². The number of nitrogens with zero attached hydrogens (tertiary/aromatic N) is 2. The van der Waals surface area contributed by atoms with Gasteiger partial charge < -0.3 is 10.3 Å². The first-order valence-electron chi connectivity index (χ1n) is 7.12. The molecule has 3 nitrogen and oxygen atoms in total. The number of nitrogens with two attached hydrogens (primary N) is 1. The second kappa shape index (κ2) is 4.07. The van der Waals surface area contributed by atoms with Crippen LogP contribution in [-0.2, 0) is 0 Å². The first kappa shape index (κ1) is 12.7. The average molecular weight is 257 g/mol. The minimum absolute atomic E-state index is 0.0270. The van der Waals surface area contributed by atoms with E-state index in [0.717, 1.165) is 11.3 Å². The van der Waals surface area contributed by atoms with Crippen molar-refractivity contribution in [3.05, 3.63) is 29.6 Å². The van der Waals surface area contributed by atoms with Gasteiger partial charge in [-0.25, -0.2) is 4.98 Å². The summed E-state index contributed by atoms with van der Waals surface area (Å²) in [5.41, 5.74) is 10.1. The molecule has 3 heteroatoms. The van der Waals surface area contributed by atoms with E-state index < -0.39 is 0 Å². The third-order valence-corrected chi connectivity index (χ3v) is 4.00. The van der Waals surface area contributed by atoms with Crippen molar-refractivity contribution in [3.8, 4) is 0 Å². The van der Waals surface area contributed by atoms with Gasteiger partial charge >= 0.3 is 0 Å². The van der Waals surface area contributed by atoms with Crippen molar-refractivity contribution in [1.29, 1.82) is 0 Å². The van der Waals surface area contributed by atoms with E-state index in [1.165, 1.54) is 23.9 Å². The number of imidazole rings is 1. The van der Waals surface area contributed by atoms with Crippen molar-refractivity contribution in [2.45, 2.75) is 52.6 Å². The summed E-state index contributed by atoms with van der Waals surface area (Å²) in [6.07, 6.45) is 2.51. The molecule has 2 aromatic rings. The Hall–Kier alpha value is -1.35. The van der Waals surface area contributed by atoms with Crippen LogP contribution in [0, 0.1) is 12.3 Å².